The van der Waals surface area contributed by atoms with Gasteiger partial charge in [0.15, 0.2) is 5.78 Å². The molecule has 0 aliphatic heterocycles. The minimum atomic E-state index is -0.872. The third-order valence-electron chi connectivity index (χ3n) is 4.15. The number of ether oxygens (including phenoxy) is 1. The number of hydrogen-bond donors (Lipinski definition) is 1. The molecule has 0 aromatic heterocycles. The van der Waals surface area contributed by atoms with E-state index in [0.717, 1.165) is 5.56 Å². The third kappa shape index (κ3) is 3.26. The summed E-state index contributed by atoms with van der Waals surface area (Å²) in [5.41, 5.74) is 1.49. The van der Waals surface area contributed by atoms with Crippen LogP contribution in [-0.2, 0) is 4.79 Å². The molecule has 1 N–H and O–H groups in total. The lowest BCUT2D eigenvalue weighted by Crippen LogP contribution is -2.25. The van der Waals surface area contributed by atoms with Gasteiger partial charge in [0.05, 0.1) is 18.1 Å². The number of carboxylic acid groups (broad SMARTS) is 1. The van der Waals surface area contributed by atoms with Crippen molar-refractivity contribution in [1.82, 2.24) is 0 Å². The number of carbonyl (C=O) groups excluding carboxylic acids is 1. The Bertz CT molecular complexity index is 550. The second-order valence-electron chi connectivity index (χ2n) is 5.92. The van der Waals surface area contributed by atoms with Crippen molar-refractivity contribution in [3.05, 3.63) is 29.3 Å². The summed E-state index contributed by atoms with van der Waals surface area (Å²) in [6, 6.07) is 5.49. The first-order chi connectivity index (χ1) is 9.93. The zero-order chi connectivity index (χ0) is 15.6. The van der Waals surface area contributed by atoms with Crippen LogP contribution in [0.1, 0.15) is 42.6 Å². The van der Waals surface area contributed by atoms with E-state index < -0.39 is 17.8 Å². The first kappa shape index (κ1) is 15.5. The maximum atomic E-state index is 12.8. The Labute approximate surface area is 125 Å². The minimum Gasteiger partial charge on any atom is -0.493 e. The normalized spacial score (nSPS) is 24.8. The van der Waals surface area contributed by atoms with Gasteiger partial charge in [0.2, 0.25) is 0 Å². The van der Waals surface area contributed by atoms with Crippen LogP contribution in [-0.4, -0.2) is 23.5 Å². The SMILES string of the molecule is CCOc1ccc(C)cc1C(=O)C1CC(C)CC1C(=O)O. The van der Waals surface area contributed by atoms with Crippen LogP contribution >= 0.6 is 0 Å². The summed E-state index contributed by atoms with van der Waals surface area (Å²) in [7, 11) is 0. The van der Waals surface area contributed by atoms with Gasteiger partial charge in [-0.05, 0) is 44.7 Å². The fourth-order valence-electron chi connectivity index (χ4n) is 3.17. The van der Waals surface area contributed by atoms with E-state index in [9.17, 15) is 14.7 Å². The number of aliphatic carboxylic acids is 1. The van der Waals surface area contributed by atoms with Gasteiger partial charge in [-0.15, -0.1) is 0 Å². The van der Waals surface area contributed by atoms with E-state index in [2.05, 4.69) is 0 Å². The Morgan fingerprint density at radius 1 is 1.29 bits per heavy atom. The standard InChI is InChI=1S/C17H22O4/c1-4-21-15-6-5-10(2)7-14(15)16(18)12-8-11(3)9-13(12)17(19)20/h5-7,11-13H,4,8-9H2,1-3H3,(H,19,20). The van der Waals surface area contributed by atoms with E-state index in [-0.39, 0.29) is 11.7 Å². The van der Waals surface area contributed by atoms with Crippen molar-refractivity contribution >= 4 is 11.8 Å². The topological polar surface area (TPSA) is 63.6 Å². The van der Waals surface area contributed by atoms with Crippen molar-refractivity contribution in [2.75, 3.05) is 6.61 Å². The molecule has 21 heavy (non-hydrogen) atoms. The predicted molar refractivity (Wildman–Crippen MR) is 79.7 cm³/mol. The monoisotopic (exact) mass is 290 g/mol. The maximum absolute atomic E-state index is 12.8. The van der Waals surface area contributed by atoms with E-state index in [4.69, 9.17) is 4.74 Å². The molecule has 1 fully saturated rings. The van der Waals surface area contributed by atoms with Crippen LogP contribution in [0.2, 0.25) is 0 Å². The van der Waals surface area contributed by atoms with E-state index >= 15 is 0 Å². The molecule has 114 valence electrons. The van der Waals surface area contributed by atoms with Gasteiger partial charge >= 0.3 is 5.97 Å². The van der Waals surface area contributed by atoms with Crippen LogP contribution in [0.3, 0.4) is 0 Å². The molecule has 0 spiro atoms. The van der Waals surface area contributed by atoms with Gasteiger partial charge in [-0.3, -0.25) is 9.59 Å². The molecule has 1 aliphatic rings. The highest BCUT2D eigenvalue weighted by molar-refractivity contribution is 6.02. The largest absolute Gasteiger partial charge is 0.493 e. The van der Waals surface area contributed by atoms with E-state index in [0.29, 0.717) is 30.8 Å². The van der Waals surface area contributed by atoms with Gasteiger partial charge in [0.25, 0.3) is 0 Å². The molecule has 3 atom stereocenters. The number of carboxylic acids is 1. The van der Waals surface area contributed by atoms with Crippen molar-refractivity contribution in [3.8, 4) is 5.75 Å². The first-order valence-corrected chi connectivity index (χ1v) is 7.44. The van der Waals surface area contributed by atoms with E-state index in [1.807, 2.05) is 26.8 Å². The Hall–Kier alpha value is -1.84. The number of ketones is 1. The second-order valence-corrected chi connectivity index (χ2v) is 5.92. The summed E-state index contributed by atoms with van der Waals surface area (Å²) < 4.78 is 5.53. The summed E-state index contributed by atoms with van der Waals surface area (Å²) in [4.78, 5) is 24.2. The zero-order valence-electron chi connectivity index (χ0n) is 12.8. The lowest BCUT2D eigenvalue weighted by atomic mass is 9.87. The summed E-state index contributed by atoms with van der Waals surface area (Å²) in [6.07, 6.45) is 1.21. The lowest BCUT2D eigenvalue weighted by Gasteiger charge is -2.17. The molecule has 3 unspecified atom stereocenters. The molecule has 0 heterocycles. The van der Waals surface area contributed by atoms with Crippen molar-refractivity contribution in [1.29, 1.82) is 0 Å². The zero-order valence-corrected chi connectivity index (χ0v) is 12.8. The summed E-state index contributed by atoms with van der Waals surface area (Å²) >= 11 is 0. The van der Waals surface area contributed by atoms with Crippen LogP contribution in [0.5, 0.6) is 5.75 Å². The molecule has 1 saturated carbocycles. The molecule has 4 nitrogen and oxygen atoms in total. The quantitative estimate of drug-likeness (QED) is 0.845. The van der Waals surface area contributed by atoms with Crippen LogP contribution in [0.25, 0.3) is 0 Å². The molecule has 1 aliphatic carbocycles. The molecule has 0 radical (unpaired) electrons. The Morgan fingerprint density at radius 2 is 1.95 bits per heavy atom. The molecule has 1 aromatic carbocycles. The number of hydrogen-bond acceptors (Lipinski definition) is 3. The number of aryl methyl sites for hydroxylation is 1. The Kier molecular flexibility index (Phi) is 4.66. The predicted octanol–water partition coefficient (Wildman–Crippen LogP) is 3.32. The molecule has 4 heteroatoms. The number of Topliss-reactive ketones (excluding diaryl/α,β-unsaturated/α-hetero) is 1. The highest BCUT2D eigenvalue weighted by Gasteiger charge is 2.42. The maximum Gasteiger partial charge on any atom is 0.307 e. The fourth-order valence-corrected chi connectivity index (χ4v) is 3.17. The molecule has 0 saturated heterocycles. The highest BCUT2D eigenvalue weighted by atomic mass is 16.5. The van der Waals surface area contributed by atoms with Crippen molar-refractivity contribution in [2.45, 2.75) is 33.6 Å². The molecule has 0 bridgehead atoms. The summed E-state index contributed by atoms with van der Waals surface area (Å²) in [5.74, 6) is -1.18. The first-order valence-electron chi connectivity index (χ1n) is 7.44. The number of benzene rings is 1. The highest BCUT2D eigenvalue weighted by Crippen LogP contribution is 2.39. The van der Waals surface area contributed by atoms with Gasteiger partial charge in [-0.1, -0.05) is 18.6 Å². The van der Waals surface area contributed by atoms with Crippen molar-refractivity contribution in [3.63, 3.8) is 0 Å². The summed E-state index contributed by atoms with van der Waals surface area (Å²) in [6.45, 7) is 6.26. The van der Waals surface area contributed by atoms with Crippen LogP contribution < -0.4 is 4.74 Å². The van der Waals surface area contributed by atoms with Gasteiger partial charge < -0.3 is 9.84 Å². The average molecular weight is 290 g/mol. The third-order valence-corrected chi connectivity index (χ3v) is 4.15. The van der Waals surface area contributed by atoms with E-state index in [1.165, 1.54) is 0 Å². The number of carbonyl (C=O) groups is 2. The molecule has 0 amide bonds. The van der Waals surface area contributed by atoms with Gasteiger partial charge in [-0.2, -0.15) is 0 Å². The smallest absolute Gasteiger partial charge is 0.307 e. The minimum absolute atomic E-state index is 0.0982. The van der Waals surface area contributed by atoms with Crippen LogP contribution in [0.15, 0.2) is 18.2 Å². The molecule has 1 aromatic rings. The Balaban J connectivity index is 2.34. The van der Waals surface area contributed by atoms with Crippen LogP contribution in [0, 0.1) is 24.7 Å². The molecular weight excluding hydrogens is 268 g/mol. The van der Waals surface area contributed by atoms with Crippen molar-refractivity contribution in [2.24, 2.45) is 17.8 Å². The fraction of sp³-hybridized carbons (Fsp3) is 0.529. The molecular formula is C17H22O4. The van der Waals surface area contributed by atoms with Gasteiger partial charge in [0, 0.05) is 5.92 Å². The average Bonchev–Trinajstić information content (AvgIpc) is 2.82. The lowest BCUT2D eigenvalue weighted by molar-refractivity contribution is -0.142. The van der Waals surface area contributed by atoms with E-state index in [1.54, 1.807) is 12.1 Å². The van der Waals surface area contributed by atoms with Crippen molar-refractivity contribution < 1.29 is 19.4 Å². The van der Waals surface area contributed by atoms with Crippen LogP contribution in [0.4, 0.5) is 0 Å². The summed E-state index contributed by atoms with van der Waals surface area (Å²) in [5, 5.41) is 9.34. The number of rotatable bonds is 5. The Morgan fingerprint density at radius 3 is 2.57 bits per heavy atom. The van der Waals surface area contributed by atoms with Gasteiger partial charge in [0.1, 0.15) is 5.75 Å². The van der Waals surface area contributed by atoms with Gasteiger partial charge in [-0.25, -0.2) is 0 Å². The molecule has 2 rings (SSSR count). The second kappa shape index (κ2) is 6.29.